The number of benzene rings is 1. The van der Waals surface area contributed by atoms with Crippen LogP contribution < -0.4 is 5.73 Å². The number of imidazole rings is 1. The maximum Gasteiger partial charge on any atom is 0.270 e. The smallest absolute Gasteiger partial charge is 0.270 e. The van der Waals surface area contributed by atoms with E-state index in [-0.39, 0.29) is 18.1 Å². The van der Waals surface area contributed by atoms with Crippen LogP contribution in [-0.4, -0.2) is 30.5 Å². The monoisotopic (exact) mass is 288 g/mol. The fourth-order valence-electron chi connectivity index (χ4n) is 2.27. The lowest BCUT2D eigenvalue weighted by Crippen LogP contribution is -2.11. The highest BCUT2D eigenvalue weighted by molar-refractivity contribution is 5.90. The van der Waals surface area contributed by atoms with Crippen molar-refractivity contribution in [2.24, 2.45) is 5.73 Å². The molecule has 1 amide bonds. The minimum absolute atomic E-state index is 0.0836. The van der Waals surface area contributed by atoms with Gasteiger partial charge in [0.15, 0.2) is 11.5 Å². The van der Waals surface area contributed by atoms with E-state index in [4.69, 9.17) is 5.73 Å². The fourth-order valence-corrected chi connectivity index (χ4v) is 2.27. The second kappa shape index (κ2) is 4.97. The Balaban J connectivity index is 2.03. The molecule has 0 saturated carbocycles. The van der Waals surface area contributed by atoms with Gasteiger partial charge < -0.3 is 10.3 Å². The first kappa shape index (κ1) is 13.2. The van der Waals surface area contributed by atoms with Crippen molar-refractivity contribution in [1.82, 2.24) is 24.5 Å². The summed E-state index contributed by atoms with van der Waals surface area (Å²) in [5, 5.41) is 7.49. The number of fused-ring (bicyclic) bond motifs is 1. The molecule has 0 aliphatic carbocycles. The molecule has 0 radical (unpaired) electrons. The second-order valence-corrected chi connectivity index (χ2v) is 4.55. The SMILES string of the molecule is CCn1c(Cn2cc(C(N)=O)nn2)nc2c(F)cccc21. The van der Waals surface area contributed by atoms with Gasteiger partial charge in [-0.2, -0.15) is 0 Å². The molecule has 0 aliphatic heterocycles. The number of aryl methyl sites for hydroxylation is 1. The van der Waals surface area contributed by atoms with Crippen LogP contribution in [0.5, 0.6) is 0 Å². The molecule has 2 N–H and O–H groups in total. The Morgan fingerprint density at radius 2 is 2.24 bits per heavy atom. The second-order valence-electron chi connectivity index (χ2n) is 4.55. The van der Waals surface area contributed by atoms with Crippen molar-refractivity contribution in [3.63, 3.8) is 0 Å². The number of para-hydroxylation sites is 1. The zero-order chi connectivity index (χ0) is 15.0. The first-order valence-corrected chi connectivity index (χ1v) is 6.43. The Hall–Kier alpha value is -2.77. The van der Waals surface area contributed by atoms with E-state index in [9.17, 15) is 9.18 Å². The highest BCUT2D eigenvalue weighted by atomic mass is 19.1. The molecule has 0 spiro atoms. The van der Waals surface area contributed by atoms with Crippen molar-refractivity contribution in [3.8, 4) is 0 Å². The highest BCUT2D eigenvalue weighted by Crippen LogP contribution is 2.19. The number of nitrogens with two attached hydrogens (primary N) is 1. The third-order valence-electron chi connectivity index (χ3n) is 3.22. The van der Waals surface area contributed by atoms with Crippen molar-refractivity contribution >= 4 is 16.9 Å². The maximum atomic E-state index is 13.8. The molecule has 1 aromatic carbocycles. The minimum Gasteiger partial charge on any atom is -0.364 e. The van der Waals surface area contributed by atoms with Crippen molar-refractivity contribution < 1.29 is 9.18 Å². The van der Waals surface area contributed by atoms with Crippen molar-refractivity contribution in [3.05, 3.63) is 41.7 Å². The van der Waals surface area contributed by atoms with Gasteiger partial charge in [0, 0.05) is 6.54 Å². The van der Waals surface area contributed by atoms with Gasteiger partial charge in [-0.05, 0) is 19.1 Å². The Kier molecular flexibility index (Phi) is 3.13. The summed E-state index contributed by atoms with van der Waals surface area (Å²) in [5.74, 6) is -0.368. The number of rotatable bonds is 4. The van der Waals surface area contributed by atoms with Crippen LogP contribution in [0.1, 0.15) is 23.2 Å². The molecule has 2 aromatic heterocycles. The molecule has 3 aromatic rings. The molecule has 0 saturated heterocycles. The summed E-state index contributed by atoms with van der Waals surface area (Å²) in [7, 11) is 0. The number of nitrogens with zero attached hydrogens (tertiary/aromatic N) is 5. The van der Waals surface area contributed by atoms with E-state index in [1.807, 2.05) is 17.6 Å². The summed E-state index contributed by atoms with van der Waals surface area (Å²) >= 11 is 0. The Morgan fingerprint density at radius 1 is 1.43 bits per heavy atom. The number of hydrogen-bond acceptors (Lipinski definition) is 4. The van der Waals surface area contributed by atoms with Crippen LogP contribution in [0.25, 0.3) is 11.0 Å². The zero-order valence-electron chi connectivity index (χ0n) is 11.3. The molecule has 8 heteroatoms. The predicted octanol–water partition coefficient (Wildman–Crippen LogP) is 0.934. The van der Waals surface area contributed by atoms with Gasteiger partial charge in [0.25, 0.3) is 5.91 Å². The molecule has 0 aliphatic rings. The van der Waals surface area contributed by atoms with E-state index in [0.717, 1.165) is 5.52 Å². The molecular formula is C13H13FN6O. The van der Waals surface area contributed by atoms with Crippen molar-refractivity contribution in [2.75, 3.05) is 0 Å². The lowest BCUT2D eigenvalue weighted by atomic mass is 10.3. The van der Waals surface area contributed by atoms with Crippen LogP contribution in [0.3, 0.4) is 0 Å². The third kappa shape index (κ3) is 2.24. The predicted molar refractivity (Wildman–Crippen MR) is 73.0 cm³/mol. The van der Waals surface area contributed by atoms with Crippen LogP contribution in [0.4, 0.5) is 4.39 Å². The van der Waals surface area contributed by atoms with Gasteiger partial charge in [-0.3, -0.25) is 4.79 Å². The number of hydrogen-bond donors (Lipinski definition) is 1. The molecule has 7 nitrogen and oxygen atoms in total. The van der Waals surface area contributed by atoms with Gasteiger partial charge in [0.1, 0.15) is 17.9 Å². The topological polar surface area (TPSA) is 91.6 Å². The normalized spacial score (nSPS) is 11.1. The summed E-state index contributed by atoms with van der Waals surface area (Å²) in [6.45, 7) is 2.88. The molecule has 0 unspecified atom stereocenters. The van der Waals surface area contributed by atoms with Gasteiger partial charge in [-0.25, -0.2) is 14.1 Å². The van der Waals surface area contributed by atoms with Crippen LogP contribution in [0, 0.1) is 5.82 Å². The van der Waals surface area contributed by atoms with Crippen molar-refractivity contribution in [2.45, 2.75) is 20.0 Å². The first-order chi connectivity index (χ1) is 10.1. The van der Waals surface area contributed by atoms with Gasteiger partial charge in [-0.15, -0.1) is 5.10 Å². The van der Waals surface area contributed by atoms with Gasteiger partial charge >= 0.3 is 0 Å². The van der Waals surface area contributed by atoms with Crippen LogP contribution >= 0.6 is 0 Å². The molecule has 0 atom stereocenters. The number of primary amides is 1. The van der Waals surface area contributed by atoms with E-state index in [2.05, 4.69) is 15.3 Å². The maximum absolute atomic E-state index is 13.8. The Labute approximate surface area is 119 Å². The Bertz CT molecular complexity index is 821. The number of halogens is 1. The molecular weight excluding hydrogens is 275 g/mol. The van der Waals surface area contributed by atoms with Gasteiger partial charge in [-0.1, -0.05) is 11.3 Å². The first-order valence-electron chi connectivity index (χ1n) is 6.43. The lowest BCUT2D eigenvalue weighted by Gasteiger charge is -2.05. The lowest BCUT2D eigenvalue weighted by molar-refractivity contribution is 0.0995. The standard InChI is InChI=1S/C13H13FN6O/c1-2-20-10-5-3-4-8(14)12(10)16-11(20)7-19-6-9(13(15)21)17-18-19/h3-6H,2,7H2,1H3,(H2,15,21). The number of carbonyl (C=O) groups excluding carboxylic acids is 1. The molecule has 108 valence electrons. The summed E-state index contributed by atoms with van der Waals surface area (Å²) in [6, 6.07) is 4.84. The molecule has 0 fully saturated rings. The Morgan fingerprint density at radius 3 is 2.90 bits per heavy atom. The summed E-state index contributed by atoms with van der Waals surface area (Å²) in [4.78, 5) is 15.3. The number of amides is 1. The van der Waals surface area contributed by atoms with E-state index < -0.39 is 5.91 Å². The van der Waals surface area contributed by atoms with Crippen LogP contribution in [-0.2, 0) is 13.1 Å². The largest absolute Gasteiger partial charge is 0.364 e. The molecule has 2 heterocycles. The van der Waals surface area contributed by atoms with E-state index >= 15 is 0 Å². The van der Waals surface area contributed by atoms with E-state index in [0.29, 0.717) is 17.9 Å². The number of carbonyl (C=O) groups is 1. The highest BCUT2D eigenvalue weighted by Gasteiger charge is 2.14. The molecule has 3 rings (SSSR count). The third-order valence-corrected chi connectivity index (χ3v) is 3.22. The quantitative estimate of drug-likeness (QED) is 0.773. The average molecular weight is 288 g/mol. The van der Waals surface area contributed by atoms with Crippen LogP contribution in [0.15, 0.2) is 24.4 Å². The fraction of sp³-hybridized carbons (Fsp3) is 0.231. The van der Waals surface area contributed by atoms with Crippen LogP contribution in [0.2, 0.25) is 0 Å². The minimum atomic E-state index is -0.642. The van der Waals surface area contributed by atoms with E-state index in [1.54, 1.807) is 6.07 Å². The van der Waals surface area contributed by atoms with Crippen molar-refractivity contribution in [1.29, 1.82) is 0 Å². The molecule has 0 bridgehead atoms. The summed E-state index contributed by atoms with van der Waals surface area (Å²) < 4.78 is 17.1. The number of aromatic nitrogens is 5. The summed E-state index contributed by atoms with van der Waals surface area (Å²) in [5.41, 5.74) is 6.26. The molecule has 21 heavy (non-hydrogen) atoms. The van der Waals surface area contributed by atoms with E-state index in [1.165, 1.54) is 16.9 Å². The summed E-state index contributed by atoms with van der Waals surface area (Å²) in [6.07, 6.45) is 1.44. The van der Waals surface area contributed by atoms with Gasteiger partial charge in [0.2, 0.25) is 0 Å². The van der Waals surface area contributed by atoms with Gasteiger partial charge in [0.05, 0.1) is 11.7 Å². The average Bonchev–Trinajstić information content (AvgIpc) is 3.04. The zero-order valence-corrected chi connectivity index (χ0v) is 11.3.